The topological polar surface area (TPSA) is 106 Å². The monoisotopic (exact) mass is 461 g/mol. The zero-order valence-electron chi connectivity index (χ0n) is 17.4. The van der Waals surface area contributed by atoms with Crippen molar-refractivity contribution in [3.63, 3.8) is 0 Å². The summed E-state index contributed by atoms with van der Waals surface area (Å²) in [7, 11) is 0. The molecule has 7 nitrogen and oxygen atoms in total. The van der Waals surface area contributed by atoms with Crippen molar-refractivity contribution >= 4 is 41.6 Å². The third kappa shape index (κ3) is 6.57. The van der Waals surface area contributed by atoms with Gasteiger partial charge in [0.15, 0.2) is 0 Å². The maximum Gasteiger partial charge on any atom is 0.350 e. The predicted molar refractivity (Wildman–Crippen MR) is 127 cm³/mol. The van der Waals surface area contributed by atoms with Gasteiger partial charge in [-0.05, 0) is 68.0 Å². The Kier molecular flexibility index (Phi) is 9.08. The molecule has 0 spiro atoms. The van der Waals surface area contributed by atoms with E-state index in [0.717, 1.165) is 27.3 Å². The first-order valence-electron chi connectivity index (χ1n) is 9.33. The molecule has 9 heteroatoms. The molecule has 0 aliphatic heterocycles. The summed E-state index contributed by atoms with van der Waals surface area (Å²) in [6.45, 7) is 7.41. The van der Waals surface area contributed by atoms with Crippen LogP contribution in [-0.2, 0) is 13.0 Å². The number of nitrogens with one attached hydrogen (secondary N) is 1. The van der Waals surface area contributed by atoms with Crippen molar-refractivity contribution in [2.75, 3.05) is 5.01 Å². The minimum Gasteiger partial charge on any atom is -0.487 e. The standard InChI is InChI=1S/C22H25Cl2N5O2/c1-14-7-6-9-19(29(26)22(30)28-25)17(14)13-31-20-11-15(2)16(12-18(20)23)8-4-5-10-21(24)27-3/h4-7,9-12H,3,8,13,25-26H2,1-2H3,(H,28,30)/b5-4-,21-10-. The average molecular weight is 462 g/mol. The van der Waals surface area contributed by atoms with Gasteiger partial charge in [0.1, 0.15) is 17.5 Å². The van der Waals surface area contributed by atoms with Gasteiger partial charge in [-0.2, -0.15) is 0 Å². The number of nitrogens with two attached hydrogens (primary N) is 2. The molecule has 2 aromatic carbocycles. The van der Waals surface area contributed by atoms with Crippen molar-refractivity contribution in [2.24, 2.45) is 16.7 Å². The van der Waals surface area contributed by atoms with Crippen molar-refractivity contribution in [1.29, 1.82) is 0 Å². The van der Waals surface area contributed by atoms with E-state index < -0.39 is 6.03 Å². The Labute approximate surface area is 191 Å². The van der Waals surface area contributed by atoms with Gasteiger partial charge < -0.3 is 4.74 Å². The summed E-state index contributed by atoms with van der Waals surface area (Å²) in [4.78, 5) is 15.4. The number of hydrogen-bond acceptors (Lipinski definition) is 5. The van der Waals surface area contributed by atoms with Crippen molar-refractivity contribution < 1.29 is 9.53 Å². The maximum absolute atomic E-state index is 11.8. The lowest BCUT2D eigenvalue weighted by Crippen LogP contribution is -2.48. The van der Waals surface area contributed by atoms with Crippen LogP contribution in [0.1, 0.15) is 22.3 Å². The predicted octanol–water partition coefficient (Wildman–Crippen LogP) is 4.68. The number of ether oxygens (including phenoxy) is 1. The van der Waals surface area contributed by atoms with Crippen LogP contribution in [0.2, 0.25) is 5.02 Å². The van der Waals surface area contributed by atoms with Crippen molar-refractivity contribution in [1.82, 2.24) is 5.43 Å². The van der Waals surface area contributed by atoms with Gasteiger partial charge in [0.05, 0.1) is 10.7 Å². The second-order valence-electron chi connectivity index (χ2n) is 6.67. The first-order chi connectivity index (χ1) is 14.8. The van der Waals surface area contributed by atoms with Crippen LogP contribution in [0.3, 0.4) is 0 Å². The van der Waals surface area contributed by atoms with E-state index in [1.165, 1.54) is 0 Å². The molecule has 0 aromatic heterocycles. The number of hydrogen-bond donors (Lipinski definition) is 3. The Hall–Kier alpha value is -2.84. The van der Waals surface area contributed by atoms with E-state index in [1.54, 1.807) is 18.2 Å². The molecule has 5 N–H and O–H groups in total. The van der Waals surface area contributed by atoms with Gasteiger partial charge in [-0.25, -0.2) is 21.5 Å². The summed E-state index contributed by atoms with van der Waals surface area (Å²) in [5, 5.41) is 1.75. The Balaban J connectivity index is 2.19. The fourth-order valence-electron chi connectivity index (χ4n) is 2.85. The summed E-state index contributed by atoms with van der Waals surface area (Å²) in [5.41, 5.74) is 6.22. The van der Waals surface area contributed by atoms with E-state index in [-0.39, 0.29) is 6.61 Å². The van der Waals surface area contributed by atoms with E-state index in [9.17, 15) is 4.79 Å². The minimum atomic E-state index is -0.641. The van der Waals surface area contributed by atoms with Crippen LogP contribution in [-0.4, -0.2) is 12.7 Å². The lowest BCUT2D eigenvalue weighted by Gasteiger charge is -2.21. The van der Waals surface area contributed by atoms with E-state index in [0.29, 0.717) is 28.0 Å². The van der Waals surface area contributed by atoms with Crippen LogP contribution in [0.15, 0.2) is 58.7 Å². The highest BCUT2D eigenvalue weighted by molar-refractivity contribution is 6.32. The van der Waals surface area contributed by atoms with E-state index in [4.69, 9.17) is 39.6 Å². The van der Waals surface area contributed by atoms with Crippen LogP contribution < -0.4 is 26.9 Å². The molecule has 0 saturated carbocycles. The van der Waals surface area contributed by atoms with Gasteiger partial charge in [-0.3, -0.25) is 10.4 Å². The number of amides is 2. The van der Waals surface area contributed by atoms with Crippen LogP contribution in [0.5, 0.6) is 5.75 Å². The SMILES string of the molecule is C=N/C(Cl)=C\C=C/Cc1cc(Cl)c(OCc2c(C)cccc2N(N)C(=O)NN)cc1C. The number of hydrazine groups is 2. The number of urea groups is 1. The quantitative estimate of drug-likeness (QED) is 0.132. The molecule has 0 aliphatic carbocycles. The number of benzene rings is 2. The minimum absolute atomic E-state index is 0.170. The third-order valence-electron chi connectivity index (χ3n) is 4.61. The van der Waals surface area contributed by atoms with E-state index >= 15 is 0 Å². The number of rotatable bonds is 8. The van der Waals surface area contributed by atoms with Crippen molar-refractivity contribution in [3.8, 4) is 5.75 Å². The Morgan fingerprint density at radius 1 is 1.32 bits per heavy atom. The molecule has 0 aliphatic rings. The number of halogens is 2. The van der Waals surface area contributed by atoms with Crippen LogP contribution in [0, 0.1) is 13.8 Å². The van der Waals surface area contributed by atoms with Gasteiger partial charge in [0.2, 0.25) is 0 Å². The van der Waals surface area contributed by atoms with E-state index in [1.807, 2.05) is 49.6 Å². The average Bonchev–Trinajstić information content (AvgIpc) is 2.76. The summed E-state index contributed by atoms with van der Waals surface area (Å²) >= 11 is 12.2. The fraction of sp³-hybridized carbons (Fsp3) is 0.182. The smallest absolute Gasteiger partial charge is 0.350 e. The fourth-order valence-corrected chi connectivity index (χ4v) is 3.16. The molecule has 2 rings (SSSR count). The molecular weight excluding hydrogens is 437 g/mol. The highest BCUT2D eigenvalue weighted by atomic mass is 35.5. The molecular formula is C22H25Cl2N5O2. The molecule has 0 fully saturated rings. The number of carbonyl (C=O) groups is 1. The number of anilines is 1. The lowest BCUT2D eigenvalue weighted by atomic mass is 10.0. The van der Waals surface area contributed by atoms with Gasteiger partial charge in [-0.15, -0.1) is 0 Å². The van der Waals surface area contributed by atoms with E-state index in [2.05, 4.69) is 11.7 Å². The largest absolute Gasteiger partial charge is 0.487 e. The lowest BCUT2D eigenvalue weighted by molar-refractivity contribution is 0.246. The van der Waals surface area contributed by atoms with Crippen molar-refractivity contribution in [3.05, 3.63) is 81.0 Å². The number of aliphatic imine (C=N–C) groups is 1. The Bertz CT molecular complexity index is 1020. The van der Waals surface area contributed by atoms with Crippen molar-refractivity contribution in [2.45, 2.75) is 26.9 Å². The molecule has 164 valence electrons. The molecule has 2 aromatic rings. The second kappa shape index (κ2) is 11.5. The highest BCUT2D eigenvalue weighted by Gasteiger charge is 2.17. The molecule has 0 heterocycles. The molecule has 0 saturated heterocycles. The summed E-state index contributed by atoms with van der Waals surface area (Å²) in [6, 6.07) is 8.52. The summed E-state index contributed by atoms with van der Waals surface area (Å²) in [5.74, 6) is 11.6. The number of allylic oxidation sites excluding steroid dienone is 3. The number of nitrogens with zero attached hydrogens (tertiary/aromatic N) is 2. The molecule has 31 heavy (non-hydrogen) atoms. The molecule has 0 unspecified atom stereocenters. The summed E-state index contributed by atoms with van der Waals surface area (Å²) < 4.78 is 5.97. The first-order valence-corrected chi connectivity index (χ1v) is 10.1. The molecule has 0 radical (unpaired) electrons. The number of carbonyl (C=O) groups excluding carboxylic acids is 1. The highest BCUT2D eigenvalue weighted by Crippen LogP contribution is 2.31. The summed E-state index contributed by atoms with van der Waals surface area (Å²) in [6.07, 6.45) is 6.09. The number of aryl methyl sites for hydroxylation is 2. The third-order valence-corrected chi connectivity index (χ3v) is 5.15. The Morgan fingerprint density at radius 2 is 2.06 bits per heavy atom. The zero-order valence-corrected chi connectivity index (χ0v) is 18.9. The normalized spacial score (nSPS) is 11.5. The first kappa shape index (κ1) is 24.4. The molecule has 0 bridgehead atoms. The van der Waals surface area contributed by atoms with Gasteiger partial charge in [0.25, 0.3) is 0 Å². The van der Waals surface area contributed by atoms with Gasteiger partial charge >= 0.3 is 6.03 Å². The van der Waals surface area contributed by atoms with Crippen LogP contribution in [0.25, 0.3) is 0 Å². The zero-order chi connectivity index (χ0) is 23.0. The van der Waals surface area contributed by atoms with Gasteiger partial charge in [0, 0.05) is 5.56 Å². The van der Waals surface area contributed by atoms with Gasteiger partial charge in [-0.1, -0.05) is 47.5 Å². The maximum atomic E-state index is 11.8. The molecule has 2 amide bonds. The second-order valence-corrected chi connectivity index (χ2v) is 7.46. The molecule has 0 atom stereocenters. The van der Waals surface area contributed by atoms with Crippen LogP contribution in [0.4, 0.5) is 10.5 Å². The van der Waals surface area contributed by atoms with Crippen LogP contribution >= 0.6 is 23.2 Å². The Morgan fingerprint density at radius 3 is 2.74 bits per heavy atom.